The third-order valence-electron chi connectivity index (χ3n) is 5.26. The van der Waals surface area contributed by atoms with Gasteiger partial charge >= 0.3 is 0 Å². The molecule has 1 amide bonds. The van der Waals surface area contributed by atoms with E-state index in [0.717, 1.165) is 23.5 Å². The Labute approximate surface area is 185 Å². The predicted molar refractivity (Wildman–Crippen MR) is 114 cm³/mol. The van der Waals surface area contributed by atoms with Crippen LogP contribution in [0.3, 0.4) is 0 Å². The number of hydrogen-bond donors (Lipinski definition) is 3. The van der Waals surface area contributed by atoms with Gasteiger partial charge < -0.3 is 21.5 Å². The molecule has 2 aromatic heterocycles. The summed E-state index contributed by atoms with van der Waals surface area (Å²) in [4.78, 5) is 16.9. The number of amides is 1. The molecule has 32 heavy (non-hydrogen) atoms. The number of aromatic nitrogens is 3. The molecule has 170 valence electrons. The van der Waals surface area contributed by atoms with Crippen molar-refractivity contribution in [1.29, 1.82) is 0 Å². The highest BCUT2D eigenvalue weighted by atomic mass is 32.1. The van der Waals surface area contributed by atoms with Crippen molar-refractivity contribution in [2.24, 2.45) is 12.8 Å². The smallest absolute Gasteiger partial charge is 0.277 e. The molecule has 0 spiro atoms. The minimum absolute atomic E-state index is 0.00824. The predicted octanol–water partition coefficient (Wildman–Crippen LogP) is 3.17. The molecule has 0 bridgehead atoms. The van der Waals surface area contributed by atoms with E-state index in [4.69, 9.17) is 16.2 Å². The van der Waals surface area contributed by atoms with Crippen molar-refractivity contribution in [2.45, 2.75) is 31.2 Å². The summed E-state index contributed by atoms with van der Waals surface area (Å²) in [7, 11) is 1.64. The Balaban J connectivity index is 1.60. The normalized spacial score (nSPS) is 21.3. The Hall–Kier alpha value is -2.96. The monoisotopic (exact) mass is 466 g/mol. The van der Waals surface area contributed by atoms with Crippen LogP contribution in [-0.2, 0) is 11.8 Å². The minimum Gasteiger partial charge on any atom is -0.389 e. The maximum atomic E-state index is 14.3. The maximum absolute atomic E-state index is 14.3. The van der Waals surface area contributed by atoms with Gasteiger partial charge in [-0.1, -0.05) is 17.4 Å². The molecule has 0 radical (unpaired) electrons. The van der Waals surface area contributed by atoms with Gasteiger partial charge in [0.15, 0.2) is 5.69 Å². The molecule has 1 aliphatic heterocycles. The topological polar surface area (TPSA) is 121 Å². The number of nitrogen functional groups attached to an aromatic ring is 1. The Bertz CT molecular complexity index is 1130. The van der Waals surface area contributed by atoms with E-state index in [0.29, 0.717) is 12.1 Å². The highest BCUT2D eigenvalue weighted by molar-refractivity contribution is 7.19. The van der Waals surface area contributed by atoms with Crippen molar-refractivity contribution in [3.05, 3.63) is 47.4 Å². The molecule has 1 saturated heterocycles. The van der Waals surface area contributed by atoms with E-state index < -0.39 is 35.9 Å². The van der Waals surface area contributed by atoms with E-state index in [2.05, 4.69) is 15.4 Å². The van der Waals surface area contributed by atoms with Crippen LogP contribution in [-0.4, -0.2) is 39.5 Å². The van der Waals surface area contributed by atoms with Gasteiger partial charge in [-0.2, -0.15) is 5.10 Å². The van der Waals surface area contributed by atoms with Crippen LogP contribution in [0.1, 0.15) is 35.1 Å². The van der Waals surface area contributed by atoms with Crippen molar-refractivity contribution in [2.75, 3.05) is 17.7 Å². The average molecular weight is 466 g/mol. The Morgan fingerprint density at radius 3 is 2.78 bits per heavy atom. The highest BCUT2D eigenvalue weighted by Crippen LogP contribution is 2.35. The summed E-state index contributed by atoms with van der Waals surface area (Å²) in [6, 6.07) is 2.79. The molecule has 3 aromatic rings. The molecule has 1 unspecified atom stereocenters. The van der Waals surface area contributed by atoms with Crippen LogP contribution in [0.5, 0.6) is 0 Å². The summed E-state index contributed by atoms with van der Waals surface area (Å²) < 4.78 is 49.8. The number of nitrogens with two attached hydrogens (primary N) is 2. The van der Waals surface area contributed by atoms with Crippen LogP contribution < -0.4 is 16.8 Å². The van der Waals surface area contributed by atoms with Gasteiger partial charge in [0.1, 0.15) is 33.9 Å². The van der Waals surface area contributed by atoms with Crippen LogP contribution in [0.15, 0.2) is 24.4 Å². The largest absolute Gasteiger partial charge is 0.389 e. The summed E-state index contributed by atoms with van der Waals surface area (Å²) >= 11 is 0.792. The number of thiazole rings is 1. The van der Waals surface area contributed by atoms with Gasteiger partial charge in [0.05, 0.1) is 23.1 Å². The fourth-order valence-corrected chi connectivity index (χ4v) is 4.45. The second-order valence-corrected chi connectivity index (χ2v) is 8.44. The van der Waals surface area contributed by atoms with Gasteiger partial charge in [-0.25, -0.2) is 18.2 Å². The second kappa shape index (κ2) is 8.88. The van der Waals surface area contributed by atoms with Crippen molar-refractivity contribution < 1.29 is 22.7 Å². The van der Waals surface area contributed by atoms with Crippen LogP contribution >= 0.6 is 11.3 Å². The van der Waals surface area contributed by atoms with Gasteiger partial charge in [0.2, 0.25) is 0 Å². The lowest BCUT2D eigenvalue weighted by molar-refractivity contribution is 0.0458. The van der Waals surface area contributed by atoms with Crippen LogP contribution in [0, 0.1) is 11.6 Å². The lowest BCUT2D eigenvalue weighted by Crippen LogP contribution is -2.31. The molecule has 3 atom stereocenters. The number of nitrogens with zero attached hydrogens (tertiary/aromatic N) is 3. The third kappa shape index (κ3) is 4.20. The molecule has 1 aromatic carbocycles. The number of aryl methyl sites for hydroxylation is 1. The molecule has 0 saturated carbocycles. The zero-order chi connectivity index (χ0) is 23.0. The Morgan fingerprint density at radius 2 is 2.06 bits per heavy atom. The zero-order valence-corrected chi connectivity index (χ0v) is 17.8. The quantitative estimate of drug-likeness (QED) is 0.543. The first kappa shape index (κ1) is 22.2. The Morgan fingerprint density at radius 1 is 1.34 bits per heavy atom. The molecule has 8 nitrogen and oxygen atoms in total. The van der Waals surface area contributed by atoms with E-state index in [1.54, 1.807) is 7.05 Å². The molecular formula is C20H21F3N6O2S. The molecule has 3 heterocycles. The van der Waals surface area contributed by atoms with Crippen molar-refractivity contribution in [3.8, 4) is 10.6 Å². The molecule has 0 aliphatic carbocycles. The summed E-state index contributed by atoms with van der Waals surface area (Å²) in [6.07, 6.45) is -0.152. The number of rotatable bonds is 4. The summed E-state index contributed by atoms with van der Waals surface area (Å²) in [6.45, 7) is 0.265. The highest BCUT2D eigenvalue weighted by Gasteiger charge is 2.31. The number of nitrogens with one attached hydrogen (secondary N) is 1. The third-order valence-corrected chi connectivity index (χ3v) is 6.16. The van der Waals surface area contributed by atoms with E-state index in [9.17, 15) is 18.0 Å². The van der Waals surface area contributed by atoms with Crippen LogP contribution in [0.4, 0.5) is 23.9 Å². The number of halogens is 3. The van der Waals surface area contributed by atoms with Crippen LogP contribution in [0.2, 0.25) is 0 Å². The van der Waals surface area contributed by atoms with Gasteiger partial charge in [0.25, 0.3) is 5.91 Å². The zero-order valence-electron chi connectivity index (χ0n) is 17.0. The fourth-order valence-electron chi connectivity index (χ4n) is 3.58. The summed E-state index contributed by atoms with van der Waals surface area (Å²) in [5, 5.41) is 6.71. The lowest BCUT2D eigenvalue weighted by atomic mass is 10.0. The number of benzene rings is 1. The van der Waals surface area contributed by atoms with E-state index in [1.807, 2.05) is 0 Å². The average Bonchev–Trinajstić information content (AvgIpc) is 3.24. The summed E-state index contributed by atoms with van der Waals surface area (Å²) in [5.41, 5.74) is 11.9. The minimum atomic E-state index is -1.27. The number of alkyl halides is 1. The number of hydrogen-bond acceptors (Lipinski definition) is 7. The second-order valence-electron chi connectivity index (χ2n) is 7.41. The maximum Gasteiger partial charge on any atom is 0.277 e. The molecular weight excluding hydrogens is 445 g/mol. The fraction of sp³-hybridized carbons (Fsp3) is 0.350. The van der Waals surface area contributed by atoms with Crippen LogP contribution in [0.25, 0.3) is 10.6 Å². The van der Waals surface area contributed by atoms with Gasteiger partial charge in [0, 0.05) is 26.1 Å². The van der Waals surface area contributed by atoms with E-state index in [-0.39, 0.29) is 40.0 Å². The van der Waals surface area contributed by atoms with Crippen molar-refractivity contribution in [3.63, 3.8) is 0 Å². The van der Waals surface area contributed by atoms with Crippen molar-refractivity contribution in [1.82, 2.24) is 14.8 Å². The molecule has 4 rings (SSSR count). The van der Waals surface area contributed by atoms with Gasteiger partial charge in [-0.3, -0.25) is 9.48 Å². The number of ether oxygens (including phenoxy) is 1. The van der Waals surface area contributed by atoms with Gasteiger partial charge in [-0.05, 0) is 18.6 Å². The number of anilines is 2. The summed E-state index contributed by atoms with van der Waals surface area (Å²) in [5.74, 6) is -2.33. The van der Waals surface area contributed by atoms with E-state index >= 15 is 0 Å². The van der Waals surface area contributed by atoms with E-state index in [1.165, 1.54) is 16.9 Å². The molecule has 12 heteroatoms. The standard InChI is InChI=1S/C20H21F3N6O2S/c1-29-17(14-7-11(23)12(24)5-6-31-14)13(8-26-29)27-19(30)16-18(25)32-20(28-16)15-9(21)3-2-4-10(15)22/h2-4,8,11-12,14H,5-7,24-25H2,1H3,(H,27,30)/t11?,12-,14+/m1/s1. The first-order valence-electron chi connectivity index (χ1n) is 9.81. The van der Waals surface area contributed by atoms with Gasteiger partial charge in [-0.15, -0.1) is 0 Å². The molecule has 5 N–H and O–H groups in total. The molecule has 1 fully saturated rings. The molecule has 1 aliphatic rings. The SMILES string of the molecule is Cn1ncc(NC(=O)c2nc(-c3c(F)cccc3F)sc2N)c1[C@@H]1CC(F)[C@H](N)CCO1. The lowest BCUT2D eigenvalue weighted by Gasteiger charge is -2.19. The number of carbonyl (C=O) groups excluding carboxylic acids is 1. The first-order valence-corrected chi connectivity index (χ1v) is 10.6. The number of carbonyl (C=O) groups is 1. The van der Waals surface area contributed by atoms with Crippen molar-refractivity contribution >= 4 is 27.9 Å². The Kier molecular flexibility index (Phi) is 6.17. The first-order chi connectivity index (χ1) is 15.3.